The highest BCUT2D eigenvalue weighted by Crippen LogP contribution is 2.48. The molecule has 1 amide bonds. The molecule has 0 fully saturated rings. The second-order valence-corrected chi connectivity index (χ2v) is 15.1. The summed E-state index contributed by atoms with van der Waals surface area (Å²) in [6.45, 7) is 9.35. The Hall–Kier alpha value is -6.62. The molecule has 4 aromatic carbocycles. The Morgan fingerprint density at radius 2 is 1.49 bits per heavy atom. The van der Waals surface area contributed by atoms with Crippen LogP contribution in [0.4, 0.5) is 5.69 Å². The highest BCUT2D eigenvalue weighted by molar-refractivity contribution is 6.41. The minimum Gasteiger partial charge on any atom is -0.508 e. The van der Waals surface area contributed by atoms with E-state index in [0.717, 1.165) is 49.8 Å². The van der Waals surface area contributed by atoms with Crippen molar-refractivity contribution < 1.29 is 33.6 Å². The first-order valence-corrected chi connectivity index (χ1v) is 19.8. The van der Waals surface area contributed by atoms with E-state index in [0.29, 0.717) is 52.3 Å². The number of aryl methyl sites for hydroxylation is 2. The molecule has 296 valence electrons. The van der Waals surface area contributed by atoms with E-state index in [1.54, 1.807) is 18.2 Å². The Morgan fingerprint density at radius 1 is 0.763 bits per heavy atom. The number of fused-ring (bicyclic) bond motifs is 4. The number of benzene rings is 6. The number of aromatic carboxylic acids is 1. The van der Waals surface area contributed by atoms with E-state index in [2.05, 4.69) is 15.6 Å². The van der Waals surface area contributed by atoms with Crippen molar-refractivity contribution in [2.24, 2.45) is 0 Å². The van der Waals surface area contributed by atoms with Gasteiger partial charge in [-0.1, -0.05) is 47.5 Å². The van der Waals surface area contributed by atoms with Gasteiger partial charge in [-0.05, 0) is 86.8 Å². The Labute approximate surface area is 348 Å². The largest absolute Gasteiger partial charge is 0.508 e. The monoisotopic (exact) mass is 826 g/mol. The number of carboxylic acids is 1. The summed E-state index contributed by atoms with van der Waals surface area (Å²) in [6.07, 6.45) is 0. The van der Waals surface area contributed by atoms with E-state index < -0.39 is 11.9 Å². The SMILES string of the molecule is CCNc1cc2oc3cc(=[NH+]CC)c(C)cc-3c(-c3c(Cl)c(C(=O)NCc4ccc(-c5c6ccc(=O)cc-6oc6cc(O)ccc56)cc4)cc(Cl)c3C(=O)O)c2cc1C. The maximum absolute atomic E-state index is 14.1. The van der Waals surface area contributed by atoms with Gasteiger partial charge in [0, 0.05) is 81.1 Å². The van der Waals surface area contributed by atoms with Gasteiger partial charge in [0.05, 0.1) is 27.2 Å². The zero-order valence-electron chi connectivity index (χ0n) is 32.5. The average molecular weight is 828 g/mol. The smallest absolute Gasteiger partial charge is 0.337 e. The Balaban J connectivity index is 1.20. The van der Waals surface area contributed by atoms with E-state index in [-0.39, 0.29) is 44.5 Å². The van der Waals surface area contributed by atoms with Crippen LogP contribution in [0.15, 0.2) is 105 Å². The summed E-state index contributed by atoms with van der Waals surface area (Å²) in [4.78, 5) is 42.6. The van der Waals surface area contributed by atoms with Crippen molar-refractivity contribution in [1.29, 1.82) is 0 Å². The summed E-state index contributed by atoms with van der Waals surface area (Å²) in [5.41, 5.74) is 7.44. The summed E-state index contributed by atoms with van der Waals surface area (Å²) in [6, 6.07) is 25.9. The molecule has 2 aliphatic carbocycles. The van der Waals surface area contributed by atoms with Gasteiger partial charge in [0.1, 0.15) is 35.0 Å². The summed E-state index contributed by atoms with van der Waals surface area (Å²) < 4.78 is 12.5. The third-order valence-corrected chi connectivity index (χ3v) is 11.1. The maximum Gasteiger partial charge on any atom is 0.337 e. The standard InChI is InChI=1S/C47H37Cl2N3O7/c1-5-50-35-20-39-31(15-23(35)3)42(32-16-24(4)36(51-6-2)21-40(32)59-39)44-43(47(56)57)34(48)19-33(45(44)49)46(55)52-22-25-7-9-26(10-8-25)41-29-13-11-27(53)17-37(29)58-38-18-28(54)12-14-30(38)41/h7-21,50,53H,5-6,22H2,1-4H3,(H,52,55)(H,56,57)/p+1. The number of carbonyl (C=O) groups excluding carboxylic acids is 1. The van der Waals surface area contributed by atoms with Gasteiger partial charge < -0.3 is 29.7 Å². The van der Waals surface area contributed by atoms with E-state index in [1.165, 1.54) is 24.3 Å². The van der Waals surface area contributed by atoms with Crippen molar-refractivity contribution in [3.8, 4) is 50.7 Å². The second-order valence-electron chi connectivity index (χ2n) is 14.3. The lowest BCUT2D eigenvalue weighted by Gasteiger charge is -2.21. The molecule has 0 unspecified atom stereocenters. The van der Waals surface area contributed by atoms with Crippen molar-refractivity contribution in [1.82, 2.24) is 5.32 Å². The molecule has 59 heavy (non-hydrogen) atoms. The van der Waals surface area contributed by atoms with Crippen LogP contribution >= 0.6 is 23.2 Å². The van der Waals surface area contributed by atoms with Crippen LogP contribution < -0.4 is 26.4 Å². The van der Waals surface area contributed by atoms with Crippen LogP contribution in [-0.2, 0) is 6.54 Å². The molecule has 0 aromatic heterocycles. The summed E-state index contributed by atoms with van der Waals surface area (Å²) in [5.74, 6) is -0.953. The van der Waals surface area contributed by atoms with Crippen LogP contribution in [0.1, 0.15) is 51.3 Å². The first kappa shape index (κ1) is 39.2. The Bertz CT molecular complexity index is 3080. The molecule has 0 atom stereocenters. The number of nitrogens with one attached hydrogen (secondary N) is 3. The summed E-state index contributed by atoms with van der Waals surface area (Å²) >= 11 is 14.0. The lowest BCUT2D eigenvalue weighted by atomic mass is 9.88. The van der Waals surface area contributed by atoms with Gasteiger partial charge in [0.25, 0.3) is 5.91 Å². The Morgan fingerprint density at radius 3 is 2.20 bits per heavy atom. The fraction of sp³-hybridized carbons (Fsp3) is 0.149. The van der Waals surface area contributed by atoms with Crippen LogP contribution in [0.5, 0.6) is 5.75 Å². The molecule has 2 heterocycles. The van der Waals surface area contributed by atoms with E-state index in [4.69, 9.17) is 32.0 Å². The molecule has 8 rings (SSSR count). The third kappa shape index (κ3) is 7.15. The number of anilines is 1. The predicted molar refractivity (Wildman–Crippen MR) is 231 cm³/mol. The minimum absolute atomic E-state index is 0.00401. The number of amides is 1. The number of carbonyl (C=O) groups is 2. The Kier molecular flexibility index (Phi) is 10.4. The number of halogens is 2. The van der Waals surface area contributed by atoms with Crippen molar-refractivity contribution in [2.75, 3.05) is 18.4 Å². The lowest BCUT2D eigenvalue weighted by molar-refractivity contribution is -0.496. The quantitative estimate of drug-likeness (QED) is 0.0905. The van der Waals surface area contributed by atoms with Crippen molar-refractivity contribution in [3.63, 3.8) is 0 Å². The molecule has 4 aliphatic rings. The highest BCUT2D eigenvalue weighted by atomic mass is 35.5. The highest BCUT2D eigenvalue weighted by Gasteiger charge is 2.30. The van der Waals surface area contributed by atoms with E-state index in [9.17, 15) is 24.6 Å². The van der Waals surface area contributed by atoms with Crippen LogP contribution in [0.3, 0.4) is 0 Å². The predicted octanol–water partition coefficient (Wildman–Crippen LogP) is 8.77. The van der Waals surface area contributed by atoms with Gasteiger partial charge in [-0.3, -0.25) is 9.59 Å². The van der Waals surface area contributed by atoms with Gasteiger partial charge >= 0.3 is 5.97 Å². The first-order valence-electron chi connectivity index (χ1n) is 19.0. The molecular weight excluding hydrogens is 789 g/mol. The van der Waals surface area contributed by atoms with E-state index in [1.807, 2.05) is 76.2 Å². The van der Waals surface area contributed by atoms with Crippen molar-refractivity contribution in [3.05, 3.63) is 144 Å². The fourth-order valence-electron chi connectivity index (χ4n) is 7.70. The van der Waals surface area contributed by atoms with Crippen molar-refractivity contribution >= 4 is 62.7 Å². The molecule has 0 saturated carbocycles. The van der Waals surface area contributed by atoms with Crippen LogP contribution in [0.25, 0.3) is 66.8 Å². The van der Waals surface area contributed by atoms with Gasteiger partial charge in [-0.2, -0.15) is 0 Å². The number of hydrogen-bond donors (Lipinski definition) is 5. The number of carboxylic acid groups (broad SMARTS) is 1. The van der Waals surface area contributed by atoms with Gasteiger partial charge in [0.15, 0.2) is 5.43 Å². The molecule has 5 N–H and O–H groups in total. The zero-order chi connectivity index (χ0) is 41.7. The normalized spacial score (nSPS) is 11.9. The minimum atomic E-state index is -1.30. The number of hydrogen-bond acceptors (Lipinski definition) is 7. The molecule has 0 radical (unpaired) electrons. The zero-order valence-corrected chi connectivity index (χ0v) is 34.0. The lowest BCUT2D eigenvalue weighted by Crippen LogP contribution is -2.76. The van der Waals surface area contributed by atoms with Gasteiger partial charge in [-0.15, -0.1) is 0 Å². The van der Waals surface area contributed by atoms with Crippen LogP contribution in [-0.4, -0.2) is 35.2 Å². The molecule has 2 aliphatic heterocycles. The van der Waals surface area contributed by atoms with E-state index >= 15 is 0 Å². The maximum atomic E-state index is 14.1. The van der Waals surface area contributed by atoms with Gasteiger partial charge in [0.2, 0.25) is 5.36 Å². The number of phenols is 1. The topological polar surface area (TPSA) is 156 Å². The van der Waals surface area contributed by atoms with Gasteiger partial charge in [-0.25, -0.2) is 9.79 Å². The van der Waals surface area contributed by atoms with Crippen molar-refractivity contribution in [2.45, 2.75) is 34.2 Å². The summed E-state index contributed by atoms with van der Waals surface area (Å²) in [7, 11) is 0. The number of aromatic hydroxyl groups is 1. The average Bonchev–Trinajstić information content (AvgIpc) is 3.20. The van der Waals surface area contributed by atoms with Crippen LogP contribution in [0.2, 0.25) is 10.0 Å². The molecule has 0 bridgehead atoms. The fourth-order valence-corrected chi connectivity index (χ4v) is 8.32. The summed E-state index contributed by atoms with van der Waals surface area (Å²) in [5, 5.41) is 29.0. The molecule has 12 heteroatoms. The first-order chi connectivity index (χ1) is 28.4. The molecule has 4 aromatic rings. The molecule has 0 saturated heterocycles. The molecular formula is C47H38Cl2N3O7+. The molecule has 10 nitrogen and oxygen atoms in total. The molecule has 0 spiro atoms. The number of phenolic OH excluding ortho intramolecular Hbond substituents is 1. The third-order valence-electron chi connectivity index (χ3n) is 10.4. The number of rotatable bonds is 9. The van der Waals surface area contributed by atoms with Crippen LogP contribution in [0, 0.1) is 13.8 Å². The second kappa shape index (κ2) is 15.6.